The minimum Gasteiger partial charge on any atom is -0.508 e. The molecule has 0 radical (unpaired) electrons. The van der Waals surface area contributed by atoms with Crippen LogP contribution in [0.2, 0.25) is 0 Å². The van der Waals surface area contributed by atoms with E-state index in [1.807, 2.05) is 18.2 Å². The minimum absolute atomic E-state index is 0.306. The van der Waals surface area contributed by atoms with Gasteiger partial charge in [0.05, 0.1) is 0 Å². The molecule has 0 unspecified atom stereocenters. The summed E-state index contributed by atoms with van der Waals surface area (Å²) in [6, 6.07) is 33.3. The van der Waals surface area contributed by atoms with Gasteiger partial charge in [-0.1, -0.05) is 78.9 Å². The van der Waals surface area contributed by atoms with E-state index in [1.54, 1.807) is 6.07 Å². The number of rotatable bonds is 5. The lowest BCUT2D eigenvalue weighted by molar-refractivity contribution is 0.476. The molecule has 1 N–H and O–H groups in total. The summed E-state index contributed by atoms with van der Waals surface area (Å²) in [5.41, 5.74) is 8.77. The van der Waals surface area contributed by atoms with Crippen molar-refractivity contribution in [3.63, 3.8) is 0 Å². The predicted molar refractivity (Wildman–Crippen MR) is 129 cm³/mol. The third-order valence-electron chi connectivity index (χ3n) is 6.05. The highest BCUT2D eigenvalue weighted by Gasteiger charge is 2.13. The molecule has 0 atom stereocenters. The van der Waals surface area contributed by atoms with E-state index in [9.17, 15) is 5.11 Å². The van der Waals surface area contributed by atoms with Gasteiger partial charge < -0.3 is 9.67 Å². The fourth-order valence-electron chi connectivity index (χ4n) is 4.42. The third kappa shape index (κ3) is 3.85. The van der Waals surface area contributed by atoms with Gasteiger partial charge in [-0.05, 0) is 64.9 Å². The molecule has 0 aliphatic carbocycles. The monoisotopic (exact) mass is 403 g/mol. The molecule has 0 saturated heterocycles. The molecule has 2 nitrogen and oxygen atoms in total. The average molecular weight is 404 g/mol. The van der Waals surface area contributed by atoms with Crippen LogP contribution in [0, 0.1) is 6.92 Å². The molecule has 5 aromatic rings. The fraction of sp³-hybridized carbons (Fsp3) is 0.103. The van der Waals surface area contributed by atoms with Gasteiger partial charge in [-0.15, -0.1) is 0 Å². The topological polar surface area (TPSA) is 25.2 Å². The maximum absolute atomic E-state index is 10.2. The van der Waals surface area contributed by atoms with Gasteiger partial charge in [-0.3, -0.25) is 0 Å². The molecule has 0 bridgehead atoms. The molecule has 5 rings (SSSR count). The van der Waals surface area contributed by atoms with E-state index < -0.39 is 0 Å². The van der Waals surface area contributed by atoms with Crippen molar-refractivity contribution in [2.75, 3.05) is 0 Å². The Hall–Kier alpha value is -3.78. The van der Waals surface area contributed by atoms with Gasteiger partial charge in [0.15, 0.2) is 0 Å². The molecule has 31 heavy (non-hydrogen) atoms. The van der Waals surface area contributed by atoms with E-state index in [0.29, 0.717) is 5.75 Å². The number of hydrogen-bond acceptors (Lipinski definition) is 1. The Bertz CT molecular complexity index is 1330. The molecule has 0 fully saturated rings. The first-order valence-corrected chi connectivity index (χ1v) is 10.7. The van der Waals surface area contributed by atoms with E-state index in [-0.39, 0.29) is 0 Å². The largest absolute Gasteiger partial charge is 0.508 e. The van der Waals surface area contributed by atoms with Crippen LogP contribution >= 0.6 is 0 Å². The van der Waals surface area contributed by atoms with Crippen LogP contribution in [-0.4, -0.2) is 9.67 Å². The van der Waals surface area contributed by atoms with E-state index in [1.165, 1.54) is 33.4 Å². The Kier molecular flexibility index (Phi) is 5.05. The number of phenols is 1. The summed E-state index contributed by atoms with van der Waals surface area (Å²) < 4.78 is 2.29. The number of hydrogen-bond donors (Lipinski definition) is 1. The van der Waals surface area contributed by atoms with Crippen molar-refractivity contribution in [3.05, 3.63) is 126 Å². The van der Waals surface area contributed by atoms with Crippen LogP contribution in [0.25, 0.3) is 22.0 Å². The Morgan fingerprint density at radius 1 is 0.742 bits per heavy atom. The Morgan fingerprint density at radius 2 is 1.48 bits per heavy atom. The molecular formula is C29H25NO. The summed E-state index contributed by atoms with van der Waals surface area (Å²) in [4.78, 5) is 0. The van der Waals surface area contributed by atoms with Crippen molar-refractivity contribution in [2.45, 2.75) is 19.9 Å². The quantitative estimate of drug-likeness (QED) is 0.337. The van der Waals surface area contributed by atoms with Crippen LogP contribution in [0.5, 0.6) is 5.75 Å². The first-order chi connectivity index (χ1) is 15.2. The van der Waals surface area contributed by atoms with Crippen LogP contribution in [-0.2, 0) is 13.0 Å². The number of nitrogens with zero attached hydrogens (tertiary/aromatic N) is 1. The van der Waals surface area contributed by atoms with Crippen molar-refractivity contribution in [1.29, 1.82) is 0 Å². The lowest BCUT2D eigenvalue weighted by atomic mass is 9.93. The van der Waals surface area contributed by atoms with Crippen LogP contribution in [0.3, 0.4) is 0 Å². The van der Waals surface area contributed by atoms with Crippen molar-refractivity contribution in [2.24, 2.45) is 0 Å². The van der Waals surface area contributed by atoms with Gasteiger partial charge in [0, 0.05) is 23.6 Å². The molecule has 0 saturated carbocycles. The Balaban J connectivity index is 1.56. The molecule has 4 aromatic carbocycles. The zero-order chi connectivity index (χ0) is 21.2. The second kappa shape index (κ2) is 8.16. The van der Waals surface area contributed by atoms with Gasteiger partial charge in [0.25, 0.3) is 0 Å². The highest BCUT2D eigenvalue weighted by atomic mass is 16.3. The molecule has 0 aliphatic heterocycles. The summed E-state index contributed by atoms with van der Waals surface area (Å²) in [6.07, 6.45) is 3.07. The van der Waals surface area contributed by atoms with Gasteiger partial charge in [-0.25, -0.2) is 0 Å². The average Bonchev–Trinajstić information content (AvgIpc) is 3.12. The Labute approximate surface area is 183 Å². The second-order valence-electron chi connectivity index (χ2n) is 8.10. The summed E-state index contributed by atoms with van der Waals surface area (Å²) in [5.74, 6) is 0.306. The molecule has 152 valence electrons. The first-order valence-electron chi connectivity index (χ1n) is 10.7. The molecule has 0 aliphatic rings. The first kappa shape index (κ1) is 19.2. The summed E-state index contributed by atoms with van der Waals surface area (Å²) in [7, 11) is 0. The number of aromatic hydroxyl groups is 1. The van der Waals surface area contributed by atoms with Crippen LogP contribution in [0.4, 0.5) is 0 Å². The number of aromatic nitrogens is 1. The van der Waals surface area contributed by atoms with Crippen molar-refractivity contribution >= 4 is 10.9 Å². The number of phenolic OH excluding ortho intramolecular Hbond substituents is 1. The summed E-state index contributed by atoms with van der Waals surface area (Å²) in [6.45, 7) is 3.02. The van der Waals surface area contributed by atoms with Crippen LogP contribution in [0.1, 0.15) is 22.3 Å². The number of benzene rings is 4. The molecular weight excluding hydrogens is 378 g/mol. The molecule has 1 heterocycles. The lowest BCUT2D eigenvalue weighted by Gasteiger charge is -2.11. The normalized spacial score (nSPS) is 11.1. The van der Waals surface area contributed by atoms with Crippen molar-refractivity contribution < 1.29 is 5.11 Å². The van der Waals surface area contributed by atoms with Crippen molar-refractivity contribution in [3.8, 4) is 16.9 Å². The van der Waals surface area contributed by atoms with Gasteiger partial charge in [0.2, 0.25) is 0 Å². The standard InChI is InChI=1S/C29H25NO/c1-21-24(13-8-14-27(21)23-11-6-3-7-12-23)17-25-20-30(19-22-9-4-2-5-10-22)29-16-15-26(31)18-28(25)29/h2-16,18,20,31H,17,19H2,1H3. The highest BCUT2D eigenvalue weighted by molar-refractivity contribution is 5.86. The lowest BCUT2D eigenvalue weighted by Crippen LogP contribution is -1.97. The highest BCUT2D eigenvalue weighted by Crippen LogP contribution is 2.31. The van der Waals surface area contributed by atoms with E-state index >= 15 is 0 Å². The van der Waals surface area contributed by atoms with Gasteiger partial charge >= 0.3 is 0 Å². The fourth-order valence-corrected chi connectivity index (χ4v) is 4.42. The predicted octanol–water partition coefficient (Wildman–Crippen LogP) is 6.96. The van der Waals surface area contributed by atoms with E-state index in [2.05, 4.69) is 90.5 Å². The molecule has 0 amide bonds. The zero-order valence-corrected chi connectivity index (χ0v) is 17.6. The van der Waals surface area contributed by atoms with Crippen LogP contribution < -0.4 is 0 Å². The maximum atomic E-state index is 10.2. The maximum Gasteiger partial charge on any atom is 0.116 e. The van der Waals surface area contributed by atoms with Gasteiger partial charge in [0.1, 0.15) is 5.75 Å². The zero-order valence-electron chi connectivity index (χ0n) is 17.6. The smallest absolute Gasteiger partial charge is 0.116 e. The summed E-state index contributed by atoms with van der Waals surface area (Å²) in [5, 5.41) is 11.3. The van der Waals surface area contributed by atoms with Crippen LogP contribution in [0.15, 0.2) is 103 Å². The molecule has 0 spiro atoms. The minimum atomic E-state index is 0.306. The SMILES string of the molecule is Cc1c(Cc2cn(Cc3ccccc3)c3ccc(O)cc23)cccc1-c1ccccc1. The second-order valence-corrected chi connectivity index (χ2v) is 8.10. The molecule has 1 aromatic heterocycles. The number of fused-ring (bicyclic) bond motifs is 1. The van der Waals surface area contributed by atoms with E-state index in [4.69, 9.17) is 0 Å². The van der Waals surface area contributed by atoms with Gasteiger partial charge in [-0.2, -0.15) is 0 Å². The van der Waals surface area contributed by atoms with Crippen molar-refractivity contribution in [1.82, 2.24) is 4.57 Å². The van der Waals surface area contributed by atoms with E-state index in [0.717, 1.165) is 23.9 Å². The summed E-state index contributed by atoms with van der Waals surface area (Å²) >= 11 is 0. The Morgan fingerprint density at radius 3 is 2.26 bits per heavy atom. The third-order valence-corrected chi connectivity index (χ3v) is 6.05. The molecule has 2 heteroatoms.